The summed E-state index contributed by atoms with van der Waals surface area (Å²) in [5.74, 6) is 0.715. The van der Waals surface area contributed by atoms with Crippen LogP contribution in [-0.4, -0.2) is 0 Å². The van der Waals surface area contributed by atoms with E-state index in [2.05, 4.69) is 17.0 Å². The molecule has 1 aromatic carbocycles. The Kier molecular flexibility index (Phi) is 1.22. The normalized spacial score (nSPS) is 12.4. The third-order valence-electron chi connectivity index (χ3n) is 1.51. The maximum atomic E-state index is 4.89. The minimum absolute atomic E-state index is 0.715. The molecule has 11 heavy (non-hydrogen) atoms. The minimum Gasteiger partial charge on any atom is -0.339 e. The Morgan fingerprint density at radius 2 is 2.36 bits per heavy atom. The second-order valence-corrected chi connectivity index (χ2v) is 2.20. The highest BCUT2D eigenvalue weighted by Crippen LogP contribution is 2.29. The molecule has 0 spiro atoms. The Labute approximate surface area is 64.0 Å². The molecule has 1 heterocycles. The van der Waals surface area contributed by atoms with E-state index in [0.29, 0.717) is 5.75 Å². The fourth-order valence-electron chi connectivity index (χ4n) is 0.944. The first-order chi connectivity index (χ1) is 5.40. The van der Waals surface area contributed by atoms with E-state index < -0.39 is 0 Å². The van der Waals surface area contributed by atoms with Gasteiger partial charge in [0.1, 0.15) is 0 Å². The van der Waals surface area contributed by atoms with Gasteiger partial charge < -0.3 is 4.84 Å². The van der Waals surface area contributed by atoms with Gasteiger partial charge in [0, 0.05) is 16.9 Å². The van der Waals surface area contributed by atoms with E-state index >= 15 is 0 Å². The van der Waals surface area contributed by atoms with Crippen LogP contribution in [0.15, 0.2) is 35.2 Å². The molecule has 0 aromatic heterocycles. The van der Waals surface area contributed by atoms with Crippen molar-refractivity contribution in [1.29, 1.82) is 0 Å². The molecule has 0 radical (unpaired) electrons. The zero-order valence-electron chi connectivity index (χ0n) is 5.82. The van der Waals surface area contributed by atoms with Gasteiger partial charge in [-0.05, 0) is 12.1 Å². The lowest BCUT2D eigenvalue weighted by atomic mass is 10.2. The predicted molar refractivity (Wildman–Crippen MR) is 41.7 cm³/mol. The fourth-order valence-corrected chi connectivity index (χ4v) is 0.944. The third-order valence-corrected chi connectivity index (χ3v) is 1.51. The molecule has 3 heteroatoms. The van der Waals surface area contributed by atoms with Crippen molar-refractivity contribution in [2.24, 2.45) is 10.4 Å². The Morgan fingerprint density at radius 3 is 3.18 bits per heavy atom. The van der Waals surface area contributed by atoms with Gasteiger partial charge in [-0.3, -0.25) is 0 Å². The highest BCUT2D eigenvalue weighted by Gasteiger charge is 2.06. The van der Waals surface area contributed by atoms with Gasteiger partial charge in [-0.2, -0.15) is 0 Å². The zero-order valence-corrected chi connectivity index (χ0v) is 5.82. The van der Waals surface area contributed by atoms with E-state index in [1.807, 2.05) is 18.2 Å². The van der Waals surface area contributed by atoms with Crippen LogP contribution >= 0.6 is 0 Å². The molecule has 0 saturated carbocycles. The molecule has 0 atom stereocenters. The van der Waals surface area contributed by atoms with Gasteiger partial charge >= 0.3 is 0 Å². The second kappa shape index (κ2) is 2.20. The molecule has 0 fully saturated rings. The van der Waals surface area contributed by atoms with Crippen LogP contribution in [-0.2, 0) is 0 Å². The van der Waals surface area contributed by atoms with E-state index in [1.165, 1.54) is 0 Å². The first-order valence-corrected chi connectivity index (χ1v) is 3.25. The maximum absolute atomic E-state index is 4.89. The van der Waals surface area contributed by atoms with Crippen molar-refractivity contribution in [2.45, 2.75) is 0 Å². The van der Waals surface area contributed by atoms with Crippen molar-refractivity contribution in [2.75, 3.05) is 0 Å². The molecular weight excluding hydrogens is 140 g/mol. The SMILES string of the molecule is C=Cc1ccc2cc1ON=N2. The Balaban J connectivity index is 2.60. The second-order valence-electron chi connectivity index (χ2n) is 2.20. The number of benzene rings is 1. The number of nitrogens with zero attached hydrogens (tertiary/aromatic N) is 2. The molecule has 0 saturated heterocycles. The van der Waals surface area contributed by atoms with Crippen LogP contribution < -0.4 is 4.84 Å². The molecule has 1 aromatic rings. The Hall–Kier alpha value is -1.64. The molecule has 0 amide bonds. The van der Waals surface area contributed by atoms with E-state index in [0.717, 1.165) is 11.3 Å². The lowest BCUT2D eigenvalue weighted by Crippen LogP contribution is -1.88. The van der Waals surface area contributed by atoms with Crippen LogP contribution in [0.2, 0.25) is 0 Å². The molecule has 2 bridgehead atoms. The van der Waals surface area contributed by atoms with Crippen LogP contribution in [0.5, 0.6) is 5.75 Å². The summed E-state index contributed by atoms with van der Waals surface area (Å²) in [5, 5.41) is 7.19. The number of fused-ring (bicyclic) bond motifs is 2. The Morgan fingerprint density at radius 1 is 1.45 bits per heavy atom. The van der Waals surface area contributed by atoms with E-state index in [4.69, 9.17) is 4.84 Å². The predicted octanol–water partition coefficient (Wildman–Crippen LogP) is 2.72. The summed E-state index contributed by atoms with van der Waals surface area (Å²) < 4.78 is 0. The van der Waals surface area contributed by atoms with Crippen molar-refractivity contribution < 1.29 is 4.84 Å². The van der Waals surface area contributed by atoms with Crippen LogP contribution in [0.25, 0.3) is 6.08 Å². The number of hydrogen-bond donors (Lipinski definition) is 0. The fraction of sp³-hybridized carbons (Fsp3) is 0. The van der Waals surface area contributed by atoms with Crippen molar-refractivity contribution in [3.63, 3.8) is 0 Å². The third kappa shape index (κ3) is 0.902. The van der Waals surface area contributed by atoms with Crippen molar-refractivity contribution in [3.05, 3.63) is 30.3 Å². The lowest BCUT2D eigenvalue weighted by Gasteiger charge is -2.06. The van der Waals surface area contributed by atoms with Crippen LogP contribution in [0.3, 0.4) is 0 Å². The molecule has 0 N–H and O–H groups in total. The summed E-state index contributed by atoms with van der Waals surface area (Å²) in [4.78, 5) is 4.89. The standard InChI is InChI=1S/C8H6N2O/c1-2-6-3-4-7-5-8(6)11-10-9-7/h2-5H,1H2. The van der Waals surface area contributed by atoms with Gasteiger partial charge in [-0.1, -0.05) is 12.7 Å². The summed E-state index contributed by atoms with van der Waals surface area (Å²) in [6.07, 6.45) is 1.72. The number of hydrogen-bond acceptors (Lipinski definition) is 3. The highest BCUT2D eigenvalue weighted by atomic mass is 16.6. The minimum atomic E-state index is 0.715. The van der Waals surface area contributed by atoms with Gasteiger partial charge in [-0.25, -0.2) is 0 Å². The van der Waals surface area contributed by atoms with Gasteiger partial charge in [0.25, 0.3) is 0 Å². The van der Waals surface area contributed by atoms with Crippen molar-refractivity contribution >= 4 is 11.8 Å². The molecule has 54 valence electrons. The molecule has 1 aliphatic heterocycles. The van der Waals surface area contributed by atoms with E-state index in [1.54, 1.807) is 6.08 Å². The summed E-state index contributed by atoms with van der Waals surface area (Å²) in [6, 6.07) is 5.59. The smallest absolute Gasteiger partial charge is 0.169 e. The van der Waals surface area contributed by atoms with Gasteiger partial charge in [0.15, 0.2) is 5.75 Å². The lowest BCUT2D eigenvalue weighted by molar-refractivity contribution is 0.305. The Bertz CT molecular complexity index is 331. The molecule has 0 aliphatic carbocycles. The van der Waals surface area contributed by atoms with Crippen LogP contribution in [0, 0.1) is 0 Å². The van der Waals surface area contributed by atoms with E-state index in [9.17, 15) is 0 Å². The molecule has 1 aliphatic rings. The monoisotopic (exact) mass is 146 g/mol. The zero-order chi connectivity index (χ0) is 7.68. The van der Waals surface area contributed by atoms with Gasteiger partial charge in [0.2, 0.25) is 0 Å². The summed E-state index contributed by atoms with van der Waals surface area (Å²) >= 11 is 0. The van der Waals surface area contributed by atoms with Crippen LogP contribution in [0.1, 0.15) is 5.56 Å². The summed E-state index contributed by atoms with van der Waals surface area (Å²) in [7, 11) is 0. The highest BCUT2D eigenvalue weighted by molar-refractivity contribution is 5.60. The van der Waals surface area contributed by atoms with Crippen LogP contribution in [0.4, 0.5) is 5.69 Å². The first kappa shape index (κ1) is 6.09. The van der Waals surface area contributed by atoms with Crippen molar-refractivity contribution in [3.8, 4) is 5.75 Å². The largest absolute Gasteiger partial charge is 0.339 e. The molecule has 2 rings (SSSR count). The quantitative estimate of drug-likeness (QED) is 0.599. The topological polar surface area (TPSA) is 34.0 Å². The van der Waals surface area contributed by atoms with Gasteiger partial charge in [-0.15, -0.1) is 5.11 Å². The molecular formula is C8H6N2O. The van der Waals surface area contributed by atoms with Crippen molar-refractivity contribution in [1.82, 2.24) is 0 Å². The molecule has 3 nitrogen and oxygen atoms in total. The number of rotatable bonds is 1. The maximum Gasteiger partial charge on any atom is 0.169 e. The summed E-state index contributed by atoms with van der Waals surface area (Å²) in [5.41, 5.74) is 1.75. The average Bonchev–Trinajstić information content (AvgIpc) is 2.06. The molecule has 0 unspecified atom stereocenters. The van der Waals surface area contributed by atoms with Gasteiger partial charge in [0.05, 0.1) is 5.69 Å². The summed E-state index contributed by atoms with van der Waals surface area (Å²) in [6.45, 7) is 3.64. The van der Waals surface area contributed by atoms with E-state index in [-0.39, 0.29) is 0 Å². The average molecular weight is 146 g/mol. The first-order valence-electron chi connectivity index (χ1n) is 3.25.